The number of aromatic nitrogens is 3. The number of benzene rings is 1. The molecule has 8 rings (SSSR count). The summed E-state index contributed by atoms with van der Waals surface area (Å²) in [4.78, 5) is 28.4. The van der Waals surface area contributed by atoms with Crippen LogP contribution in [0.4, 0.5) is 17.5 Å². The van der Waals surface area contributed by atoms with Crippen molar-refractivity contribution in [2.45, 2.75) is 32.2 Å². The van der Waals surface area contributed by atoms with Crippen LogP contribution in [0.2, 0.25) is 0 Å². The maximum atomic E-state index is 12.4. The first-order valence-corrected chi connectivity index (χ1v) is 12.1. The molecular weight excluding hydrogens is 426 g/mol. The van der Waals surface area contributed by atoms with Gasteiger partial charge in [-0.3, -0.25) is 9.69 Å². The van der Waals surface area contributed by atoms with E-state index in [2.05, 4.69) is 54.0 Å². The van der Waals surface area contributed by atoms with Crippen molar-refractivity contribution >= 4 is 23.4 Å². The van der Waals surface area contributed by atoms with Gasteiger partial charge < -0.3 is 16.0 Å². The second-order valence-electron chi connectivity index (χ2n) is 9.08. The van der Waals surface area contributed by atoms with Crippen LogP contribution in [0.15, 0.2) is 54.9 Å². The topological polar surface area (TPSA) is 95.1 Å². The zero-order valence-electron chi connectivity index (χ0n) is 19.3. The Balaban J connectivity index is 1.35. The maximum Gasteiger partial charge on any atom is 0.227 e. The van der Waals surface area contributed by atoms with Crippen molar-refractivity contribution in [2.75, 3.05) is 36.8 Å². The lowest BCUT2D eigenvalue weighted by molar-refractivity contribution is -0.122. The van der Waals surface area contributed by atoms with Gasteiger partial charge in [-0.1, -0.05) is 12.1 Å². The molecular formula is C26H31N7O. The predicted octanol–water partition coefficient (Wildman–Crippen LogP) is 3.82. The van der Waals surface area contributed by atoms with E-state index in [4.69, 9.17) is 0 Å². The van der Waals surface area contributed by atoms with E-state index < -0.39 is 0 Å². The van der Waals surface area contributed by atoms with Crippen molar-refractivity contribution in [3.8, 4) is 11.3 Å². The lowest BCUT2D eigenvalue weighted by atomic mass is 9.93. The van der Waals surface area contributed by atoms with Crippen LogP contribution in [-0.4, -0.2) is 51.9 Å². The first-order chi connectivity index (χ1) is 16.7. The van der Waals surface area contributed by atoms with Gasteiger partial charge in [0.25, 0.3) is 0 Å². The average molecular weight is 458 g/mol. The number of nitrogens with one attached hydrogen (secondary N) is 3. The van der Waals surface area contributed by atoms with Crippen molar-refractivity contribution in [1.29, 1.82) is 0 Å². The van der Waals surface area contributed by atoms with Crippen LogP contribution in [-0.2, 0) is 11.3 Å². The minimum absolute atomic E-state index is 0.168. The molecule has 2 aromatic heterocycles. The van der Waals surface area contributed by atoms with Crippen molar-refractivity contribution < 1.29 is 4.79 Å². The Kier molecular flexibility index (Phi) is 6.95. The number of carbonyl (C=O) groups excluding carboxylic acids is 1. The van der Waals surface area contributed by atoms with Crippen molar-refractivity contribution in [1.82, 2.24) is 25.2 Å². The van der Waals surface area contributed by atoms with Crippen LogP contribution in [0.1, 0.15) is 31.2 Å². The second-order valence-corrected chi connectivity index (χ2v) is 9.08. The van der Waals surface area contributed by atoms with E-state index in [1.807, 2.05) is 30.5 Å². The number of hydrogen-bond acceptors (Lipinski definition) is 7. The van der Waals surface area contributed by atoms with Gasteiger partial charge in [0.05, 0.1) is 5.69 Å². The summed E-state index contributed by atoms with van der Waals surface area (Å²) < 4.78 is 0. The predicted molar refractivity (Wildman–Crippen MR) is 134 cm³/mol. The third kappa shape index (κ3) is 5.88. The molecule has 1 saturated heterocycles. The van der Waals surface area contributed by atoms with Gasteiger partial charge in [0.15, 0.2) is 0 Å². The van der Waals surface area contributed by atoms with E-state index in [0.29, 0.717) is 24.8 Å². The minimum atomic E-state index is 0.168. The quantitative estimate of drug-likeness (QED) is 0.472. The van der Waals surface area contributed by atoms with Crippen LogP contribution >= 0.6 is 0 Å². The van der Waals surface area contributed by atoms with E-state index in [1.54, 1.807) is 6.20 Å². The highest BCUT2D eigenvalue weighted by atomic mass is 16.1. The summed E-state index contributed by atoms with van der Waals surface area (Å²) in [5.74, 6) is 2.01. The van der Waals surface area contributed by atoms with Crippen molar-refractivity contribution in [2.24, 2.45) is 5.92 Å². The standard InChI is InChI=1S/C26H31N7O/c34-25-16-19-8-13-33(14-9-19)18-20-3-1-4-22(15-20)31-26-29-12-7-23(32-26)21-5-6-24(30-17-21)27-10-2-11-28-25/h1,3-7,12,15,17,19H,2,8-11,13-14,16,18H2,(H,27,30)(H,28,34)(H,29,31,32). The fraction of sp³-hybridized carbons (Fsp3) is 0.385. The van der Waals surface area contributed by atoms with Crippen LogP contribution in [0.5, 0.6) is 0 Å². The van der Waals surface area contributed by atoms with E-state index in [1.165, 1.54) is 5.56 Å². The van der Waals surface area contributed by atoms with Gasteiger partial charge in [-0.05, 0) is 74.2 Å². The van der Waals surface area contributed by atoms with E-state index in [0.717, 1.165) is 68.2 Å². The molecule has 3 N–H and O–H groups in total. The molecule has 1 amide bonds. The van der Waals surface area contributed by atoms with Gasteiger partial charge in [0.1, 0.15) is 5.82 Å². The molecule has 8 bridgehead atoms. The van der Waals surface area contributed by atoms with Crippen LogP contribution < -0.4 is 16.0 Å². The van der Waals surface area contributed by atoms with Gasteiger partial charge in [0, 0.05) is 49.7 Å². The monoisotopic (exact) mass is 457 g/mol. The summed E-state index contributed by atoms with van der Waals surface area (Å²) >= 11 is 0. The molecule has 0 saturated carbocycles. The van der Waals surface area contributed by atoms with E-state index in [-0.39, 0.29) is 5.91 Å². The largest absolute Gasteiger partial charge is 0.370 e. The SMILES string of the molecule is O=C1CC2CCN(CC2)Cc2cccc(c2)Nc2nccc(n2)-c2ccc(nc2)NCCCN1. The Hall–Kier alpha value is -3.52. The van der Waals surface area contributed by atoms with Gasteiger partial charge in [-0.2, -0.15) is 0 Å². The first-order valence-electron chi connectivity index (χ1n) is 12.1. The molecule has 0 spiro atoms. The zero-order chi connectivity index (χ0) is 23.2. The highest BCUT2D eigenvalue weighted by Crippen LogP contribution is 2.24. The molecule has 8 nitrogen and oxygen atoms in total. The van der Waals surface area contributed by atoms with Crippen molar-refractivity contribution in [3.63, 3.8) is 0 Å². The highest BCUT2D eigenvalue weighted by Gasteiger charge is 2.21. The zero-order valence-corrected chi connectivity index (χ0v) is 19.3. The molecule has 1 aromatic carbocycles. The molecule has 176 valence electrons. The number of carbonyl (C=O) groups is 1. The number of nitrogens with zero attached hydrogens (tertiary/aromatic N) is 4. The Morgan fingerprint density at radius 2 is 1.85 bits per heavy atom. The van der Waals surface area contributed by atoms with Crippen LogP contribution in [0.3, 0.4) is 0 Å². The molecule has 3 aromatic rings. The summed E-state index contributed by atoms with van der Waals surface area (Å²) in [5, 5.41) is 9.74. The molecule has 34 heavy (non-hydrogen) atoms. The summed E-state index contributed by atoms with van der Waals surface area (Å²) in [6.07, 6.45) is 7.19. The van der Waals surface area contributed by atoms with E-state index >= 15 is 0 Å². The molecule has 0 atom stereocenters. The van der Waals surface area contributed by atoms with Crippen LogP contribution in [0, 0.1) is 5.92 Å². The Morgan fingerprint density at radius 3 is 2.71 bits per heavy atom. The number of hydrogen-bond donors (Lipinski definition) is 3. The number of rotatable bonds is 0. The lowest BCUT2D eigenvalue weighted by Crippen LogP contribution is -2.35. The van der Waals surface area contributed by atoms with Gasteiger partial charge in [-0.25, -0.2) is 15.0 Å². The fourth-order valence-electron chi connectivity index (χ4n) is 4.58. The van der Waals surface area contributed by atoms with Gasteiger partial charge in [-0.15, -0.1) is 0 Å². The average Bonchev–Trinajstić information content (AvgIpc) is 2.85. The van der Waals surface area contributed by atoms with Gasteiger partial charge >= 0.3 is 0 Å². The molecule has 1 fully saturated rings. The third-order valence-corrected chi connectivity index (χ3v) is 6.47. The molecule has 8 heteroatoms. The number of pyridine rings is 1. The molecule has 0 aliphatic carbocycles. The summed E-state index contributed by atoms with van der Waals surface area (Å²) in [6.45, 7) is 4.38. The normalized spacial score (nSPS) is 21.2. The van der Waals surface area contributed by atoms with Gasteiger partial charge in [0.2, 0.25) is 11.9 Å². The summed E-state index contributed by atoms with van der Waals surface area (Å²) in [5.41, 5.74) is 3.97. The minimum Gasteiger partial charge on any atom is -0.370 e. The lowest BCUT2D eigenvalue weighted by Gasteiger charge is -2.31. The molecule has 0 radical (unpaired) electrons. The molecule has 7 heterocycles. The highest BCUT2D eigenvalue weighted by molar-refractivity contribution is 5.76. The number of anilines is 3. The maximum absolute atomic E-state index is 12.4. The fourth-order valence-corrected chi connectivity index (χ4v) is 4.58. The second kappa shape index (κ2) is 10.6. The Labute approximate surface area is 200 Å². The Morgan fingerprint density at radius 1 is 0.971 bits per heavy atom. The third-order valence-electron chi connectivity index (χ3n) is 6.47. The molecule has 5 aliphatic heterocycles. The summed E-state index contributed by atoms with van der Waals surface area (Å²) in [7, 11) is 0. The summed E-state index contributed by atoms with van der Waals surface area (Å²) in [6, 6.07) is 14.3. The number of amides is 1. The van der Waals surface area contributed by atoms with Crippen molar-refractivity contribution in [3.05, 3.63) is 60.4 Å². The van der Waals surface area contributed by atoms with E-state index in [9.17, 15) is 4.79 Å². The Bertz CT molecular complexity index is 1110. The number of piperidine rings is 1. The smallest absolute Gasteiger partial charge is 0.227 e. The van der Waals surface area contributed by atoms with Crippen LogP contribution in [0.25, 0.3) is 11.3 Å². The molecule has 5 aliphatic rings. The molecule has 0 unspecified atom stereocenters. The first kappa shape index (κ1) is 22.3.